The van der Waals surface area contributed by atoms with Gasteiger partial charge in [-0.3, -0.25) is 4.99 Å². The lowest BCUT2D eigenvalue weighted by Crippen LogP contribution is -2.54. The number of benzene rings is 1. The van der Waals surface area contributed by atoms with E-state index in [9.17, 15) is 4.39 Å². The lowest BCUT2D eigenvalue weighted by atomic mass is 9.84. The van der Waals surface area contributed by atoms with Crippen LogP contribution in [0, 0.1) is 5.82 Å². The van der Waals surface area contributed by atoms with Gasteiger partial charge in [0, 0.05) is 63.1 Å². The predicted molar refractivity (Wildman–Crippen MR) is 129 cm³/mol. The predicted octanol–water partition coefficient (Wildman–Crippen LogP) is 3.53. The summed E-state index contributed by atoms with van der Waals surface area (Å²) in [5.41, 5.74) is 0.373. The number of aryl methyl sites for hydroxylation is 1. The highest BCUT2D eigenvalue weighted by Crippen LogP contribution is 2.25. The number of rotatable bonds is 5. The molecule has 0 unspecified atom stereocenters. The fourth-order valence-corrected chi connectivity index (χ4v) is 4.17. The molecule has 0 aliphatic carbocycles. The van der Waals surface area contributed by atoms with Gasteiger partial charge in [-0.15, -0.1) is 24.0 Å². The molecular weight excluding hydrogens is 502 g/mol. The Bertz CT molecular complexity index is 817. The molecule has 9 heteroatoms. The van der Waals surface area contributed by atoms with E-state index in [2.05, 4.69) is 36.4 Å². The van der Waals surface area contributed by atoms with Gasteiger partial charge in [-0.05, 0) is 11.6 Å². The summed E-state index contributed by atoms with van der Waals surface area (Å²) in [5.74, 6) is 1.60. The van der Waals surface area contributed by atoms with Crippen LogP contribution in [0.15, 0.2) is 29.3 Å². The minimum absolute atomic E-state index is 0. The molecule has 2 aromatic rings. The van der Waals surface area contributed by atoms with Crippen LogP contribution in [0.25, 0.3) is 0 Å². The molecular formula is C20H30FIN6S. The van der Waals surface area contributed by atoms with Gasteiger partial charge in [0.1, 0.15) is 11.6 Å². The number of hydrogen-bond donors (Lipinski definition) is 1. The third-order valence-corrected chi connectivity index (χ3v) is 5.94. The minimum Gasteiger partial charge on any atom is -0.355 e. The van der Waals surface area contributed by atoms with Gasteiger partial charge in [0.2, 0.25) is 5.13 Å². The molecule has 1 saturated heterocycles. The Hall–Kier alpha value is -1.49. The van der Waals surface area contributed by atoms with Gasteiger partial charge in [0.25, 0.3) is 0 Å². The van der Waals surface area contributed by atoms with Crippen molar-refractivity contribution in [1.82, 2.24) is 19.6 Å². The maximum absolute atomic E-state index is 14.2. The van der Waals surface area contributed by atoms with Crippen molar-refractivity contribution in [2.45, 2.75) is 32.6 Å². The molecule has 0 atom stereocenters. The van der Waals surface area contributed by atoms with E-state index in [1.807, 2.05) is 26.0 Å². The highest BCUT2D eigenvalue weighted by atomic mass is 127. The Balaban J connectivity index is 0.00000300. The zero-order valence-electron chi connectivity index (χ0n) is 17.5. The number of nitrogens with zero attached hydrogens (tertiary/aromatic N) is 5. The van der Waals surface area contributed by atoms with Crippen LogP contribution in [-0.4, -0.2) is 60.0 Å². The first-order valence-electron chi connectivity index (χ1n) is 9.72. The Morgan fingerprint density at radius 1 is 1.24 bits per heavy atom. The van der Waals surface area contributed by atoms with Crippen molar-refractivity contribution in [2.75, 3.05) is 44.7 Å². The molecule has 0 bridgehead atoms. The largest absolute Gasteiger partial charge is 0.355 e. The third-order valence-electron chi connectivity index (χ3n) is 5.13. The maximum Gasteiger partial charge on any atom is 0.205 e. The molecule has 3 rings (SSSR count). The summed E-state index contributed by atoms with van der Waals surface area (Å²) < 4.78 is 18.6. The van der Waals surface area contributed by atoms with E-state index in [1.165, 1.54) is 17.6 Å². The van der Waals surface area contributed by atoms with E-state index in [0.717, 1.165) is 49.5 Å². The number of anilines is 1. The van der Waals surface area contributed by atoms with Gasteiger partial charge in [0.05, 0.1) is 0 Å². The molecule has 0 spiro atoms. The van der Waals surface area contributed by atoms with Gasteiger partial charge in [-0.1, -0.05) is 39.0 Å². The van der Waals surface area contributed by atoms with Crippen LogP contribution in [0.2, 0.25) is 0 Å². The third kappa shape index (κ3) is 5.78. The molecule has 1 aromatic heterocycles. The fraction of sp³-hybridized carbons (Fsp3) is 0.550. The maximum atomic E-state index is 14.2. The van der Waals surface area contributed by atoms with Crippen LogP contribution in [0.5, 0.6) is 0 Å². The molecule has 0 radical (unpaired) electrons. The van der Waals surface area contributed by atoms with Crippen LogP contribution in [0.3, 0.4) is 0 Å². The summed E-state index contributed by atoms with van der Waals surface area (Å²) in [6.07, 6.45) is 0.866. The van der Waals surface area contributed by atoms with Gasteiger partial charge >= 0.3 is 0 Å². The van der Waals surface area contributed by atoms with Crippen molar-refractivity contribution in [3.8, 4) is 0 Å². The van der Waals surface area contributed by atoms with Crippen molar-refractivity contribution in [1.29, 1.82) is 0 Å². The van der Waals surface area contributed by atoms with Gasteiger partial charge in [0.15, 0.2) is 5.96 Å². The molecule has 1 aliphatic rings. The van der Waals surface area contributed by atoms with E-state index in [0.29, 0.717) is 12.1 Å². The fourth-order valence-electron chi connectivity index (χ4n) is 3.36. The number of hydrogen-bond acceptors (Lipinski definition) is 5. The SMILES string of the molecule is CCc1nsc(N2CCN(C(=NC)NCC(C)(C)c3ccccc3F)CC2)n1.I. The Kier molecular flexibility index (Phi) is 8.62. The summed E-state index contributed by atoms with van der Waals surface area (Å²) in [6, 6.07) is 6.97. The molecule has 1 aliphatic heterocycles. The van der Waals surface area contributed by atoms with E-state index in [4.69, 9.17) is 0 Å². The topological polar surface area (TPSA) is 56.7 Å². The van der Waals surface area contributed by atoms with Crippen molar-refractivity contribution in [2.24, 2.45) is 4.99 Å². The van der Waals surface area contributed by atoms with Crippen molar-refractivity contribution in [3.05, 3.63) is 41.5 Å². The highest BCUT2D eigenvalue weighted by Gasteiger charge is 2.26. The second-order valence-corrected chi connectivity index (χ2v) is 8.32. The minimum atomic E-state index is -0.341. The molecule has 1 aromatic carbocycles. The van der Waals surface area contributed by atoms with Gasteiger partial charge in [-0.2, -0.15) is 4.37 Å². The number of aromatic nitrogens is 2. The Morgan fingerprint density at radius 3 is 2.52 bits per heavy atom. The van der Waals surface area contributed by atoms with Crippen LogP contribution in [0.1, 0.15) is 32.2 Å². The van der Waals surface area contributed by atoms with Crippen molar-refractivity contribution < 1.29 is 4.39 Å². The number of aliphatic imine (C=N–C) groups is 1. The second-order valence-electron chi connectivity index (χ2n) is 7.59. The smallest absolute Gasteiger partial charge is 0.205 e. The molecule has 0 amide bonds. The zero-order valence-corrected chi connectivity index (χ0v) is 20.6. The quantitative estimate of drug-likeness (QED) is 0.363. The number of nitrogens with one attached hydrogen (secondary N) is 1. The molecule has 2 heterocycles. The normalized spacial score (nSPS) is 15.3. The zero-order chi connectivity index (χ0) is 20.1. The van der Waals surface area contributed by atoms with Crippen LogP contribution < -0.4 is 10.2 Å². The summed E-state index contributed by atoms with van der Waals surface area (Å²) in [6.45, 7) is 10.3. The average Bonchev–Trinajstić information content (AvgIpc) is 3.18. The monoisotopic (exact) mass is 532 g/mol. The summed E-state index contributed by atoms with van der Waals surface area (Å²) in [7, 11) is 1.79. The van der Waals surface area contributed by atoms with Gasteiger partial charge < -0.3 is 15.1 Å². The van der Waals surface area contributed by atoms with Crippen LogP contribution in [-0.2, 0) is 11.8 Å². The summed E-state index contributed by atoms with van der Waals surface area (Å²) in [5, 5.41) is 4.44. The number of piperazine rings is 1. The van der Waals surface area contributed by atoms with Crippen LogP contribution in [0.4, 0.5) is 9.52 Å². The average molecular weight is 532 g/mol. The van der Waals surface area contributed by atoms with E-state index < -0.39 is 0 Å². The Morgan fingerprint density at radius 2 is 1.93 bits per heavy atom. The molecule has 29 heavy (non-hydrogen) atoms. The number of halogens is 2. The van der Waals surface area contributed by atoms with Gasteiger partial charge in [-0.25, -0.2) is 9.37 Å². The molecule has 0 saturated carbocycles. The van der Waals surface area contributed by atoms with E-state index >= 15 is 0 Å². The molecule has 160 valence electrons. The van der Waals surface area contributed by atoms with Crippen molar-refractivity contribution in [3.63, 3.8) is 0 Å². The van der Waals surface area contributed by atoms with E-state index in [-0.39, 0.29) is 35.2 Å². The standard InChI is InChI=1S/C20H29FN6S.HI/c1-5-17-24-19(28-25-17)27-12-10-26(11-13-27)18(22-4)23-14-20(2,3)15-8-6-7-9-16(15)21;/h6-9H,5,10-14H2,1-4H3,(H,22,23);1H. The van der Waals surface area contributed by atoms with Crippen molar-refractivity contribution >= 4 is 46.6 Å². The second kappa shape index (κ2) is 10.5. The highest BCUT2D eigenvalue weighted by molar-refractivity contribution is 14.0. The summed E-state index contributed by atoms with van der Waals surface area (Å²) in [4.78, 5) is 13.6. The number of guanidine groups is 1. The molecule has 1 N–H and O–H groups in total. The summed E-state index contributed by atoms with van der Waals surface area (Å²) >= 11 is 1.47. The first kappa shape index (κ1) is 23.8. The first-order chi connectivity index (χ1) is 13.4. The first-order valence-corrected chi connectivity index (χ1v) is 10.5. The molecule has 6 nitrogen and oxygen atoms in total. The van der Waals surface area contributed by atoms with E-state index in [1.54, 1.807) is 13.1 Å². The van der Waals surface area contributed by atoms with Crippen LogP contribution >= 0.6 is 35.5 Å². The molecule has 1 fully saturated rings. The Labute approximate surface area is 193 Å². The lowest BCUT2D eigenvalue weighted by molar-refractivity contribution is 0.365. The lowest BCUT2D eigenvalue weighted by Gasteiger charge is -2.37.